The molecule has 1 heterocycles. The van der Waals surface area contributed by atoms with Crippen LogP contribution in [0, 0.1) is 12.8 Å². The van der Waals surface area contributed by atoms with Crippen molar-refractivity contribution in [1.82, 2.24) is 15.1 Å². The van der Waals surface area contributed by atoms with Crippen LogP contribution in [0.15, 0.2) is 0 Å². The molecule has 1 aliphatic rings. The molecule has 1 saturated carbocycles. The lowest BCUT2D eigenvalue weighted by Gasteiger charge is -2.26. The summed E-state index contributed by atoms with van der Waals surface area (Å²) in [4.78, 5) is 0. The van der Waals surface area contributed by atoms with Crippen LogP contribution in [-0.4, -0.2) is 22.4 Å². The summed E-state index contributed by atoms with van der Waals surface area (Å²) in [6.07, 6.45) is 8.95. The zero-order valence-electron chi connectivity index (χ0n) is 13.1. The van der Waals surface area contributed by atoms with Crippen molar-refractivity contribution in [2.24, 2.45) is 13.0 Å². The molecule has 4 heteroatoms. The number of rotatable bonds is 5. The Morgan fingerprint density at radius 1 is 1.30 bits per heavy atom. The van der Waals surface area contributed by atoms with Gasteiger partial charge in [0.2, 0.25) is 0 Å². The second-order valence-electron chi connectivity index (χ2n) is 6.13. The summed E-state index contributed by atoms with van der Waals surface area (Å²) in [5.41, 5.74) is 2.16. The molecule has 0 saturated heterocycles. The second kappa shape index (κ2) is 7.46. The van der Waals surface area contributed by atoms with Gasteiger partial charge in [-0.3, -0.25) is 4.68 Å². The summed E-state index contributed by atoms with van der Waals surface area (Å²) in [5, 5.41) is 9.07. The molecule has 0 bridgehead atoms. The Morgan fingerprint density at radius 3 is 2.70 bits per heavy atom. The highest BCUT2D eigenvalue weighted by Crippen LogP contribution is 2.30. The van der Waals surface area contributed by atoms with E-state index in [1.54, 1.807) is 0 Å². The topological polar surface area (TPSA) is 29.9 Å². The Morgan fingerprint density at radius 2 is 2.05 bits per heavy atom. The van der Waals surface area contributed by atoms with Gasteiger partial charge in [-0.25, -0.2) is 0 Å². The quantitative estimate of drug-likeness (QED) is 0.836. The fourth-order valence-electron chi connectivity index (χ4n) is 3.38. The molecular formula is C16H28ClN3. The molecule has 0 spiro atoms. The van der Waals surface area contributed by atoms with Gasteiger partial charge in [-0.2, -0.15) is 5.10 Å². The molecule has 3 nitrogen and oxygen atoms in total. The summed E-state index contributed by atoms with van der Waals surface area (Å²) in [6.45, 7) is 5.35. The van der Waals surface area contributed by atoms with E-state index in [4.69, 9.17) is 11.6 Å². The third-order valence-electron chi connectivity index (χ3n) is 4.53. The van der Waals surface area contributed by atoms with Gasteiger partial charge >= 0.3 is 0 Å². The van der Waals surface area contributed by atoms with Gasteiger partial charge in [0.15, 0.2) is 0 Å². The lowest BCUT2D eigenvalue weighted by Crippen LogP contribution is -2.37. The molecule has 1 aliphatic carbocycles. The second-order valence-corrected chi connectivity index (χ2v) is 6.51. The van der Waals surface area contributed by atoms with Gasteiger partial charge in [-0.15, -0.1) is 0 Å². The molecule has 114 valence electrons. The largest absolute Gasteiger partial charge is 0.314 e. The molecule has 2 atom stereocenters. The van der Waals surface area contributed by atoms with Gasteiger partial charge in [0, 0.05) is 13.1 Å². The lowest BCUT2D eigenvalue weighted by atomic mass is 9.90. The van der Waals surface area contributed by atoms with Crippen LogP contribution in [0.3, 0.4) is 0 Å². The van der Waals surface area contributed by atoms with Crippen LogP contribution in [0.2, 0.25) is 5.02 Å². The summed E-state index contributed by atoms with van der Waals surface area (Å²) in [5.74, 6) is 0.691. The maximum absolute atomic E-state index is 6.42. The summed E-state index contributed by atoms with van der Waals surface area (Å²) >= 11 is 6.42. The molecule has 1 N–H and O–H groups in total. The van der Waals surface area contributed by atoms with Crippen LogP contribution in [-0.2, 0) is 13.5 Å². The fourth-order valence-corrected chi connectivity index (χ4v) is 3.61. The van der Waals surface area contributed by atoms with Crippen molar-refractivity contribution in [3.8, 4) is 0 Å². The van der Waals surface area contributed by atoms with E-state index in [-0.39, 0.29) is 0 Å². The van der Waals surface area contributed by atoms with Gasteiger partial charge in [-0.05, 0) is 45.1 Å². The van der Waals surface area contributed by atoms with Crippen molar-refractivity contribution in [3.05, 3.63) is 16.4 Å². The van der Waals surface area contributed by atoms with Crippen molar-refractivity contribution < 1.29 is 0 Å². The van der Waals surface area contributed by atoms with Crippen LogP contribution >= 0.6 is 11.6 Å². The first-order valence-corrected chi connectivity index (χ1v) is 8.42. The van der Waals surface area contributed by atoms with Gasteiger partial charge in [0.05, 0.1) is 16.4 Å². The Kier molecular flexibility index (Phi) is 5.91. The average molecular weight is 298 g/mol. The van der Waals surface area contributed by atoms with Crippen LogP contribution in [0.4, 0.5) is 0 Å². The summed E-state index contributed by atoms with van der Waals surface area (Å²) < 4.78 is 1.97. The van der Waals surface area contributed by atoms with E-state index >= 15 is 0 Å². The van der Waals surface area contributed by atoms with E-state index in [0.717, 1.165) is 23.7 Å². The predicted molar refractivity (Wildman–Crippen MR) is 85.3 cm³/mol. The number of hydrogen-bond acceptors (Lipinski definition) is 2. The van der Waals surface area contributed by atoms with Crippen molar-refractivity contribution in [2.45, 2.75) is 64.8 Å². The number of nitrogens with one attached hydrogen (secondary N) is 1. The minimum Gasteiger partial charge on any atom is -0.314 e. The molecule has 2 rings (SSSR count). The van der Waals surface area contributed by atoms with Crippen LogP contribution in [0.25, 0.3) is 0 Å². The van der Waals surface area contributed by atoms with Crippen molar-refractivity contribution >= 4 is 11.6 Å². The normalized spacial score (nSPS) is 23.8. The van der Waals surface area contributed by atoms with Crippen molar-refractivity contribution in [1.29, 1.82) is 0 Å². The zero-order valence-corrected chi connectivity index (χ0v) is 13.8. The van der Waals surface area contributed by atoms with Gasteiger partial charge < -0.3 is 5.32 Å². The molecule has 0 aliphatic heterocycles. The third kappa shape index (κ3) is 3.76. The number of hydrogen-bond donors (Lipinski definition) is 1. The average Bonchev–Trinajstić information content (AvgIpc) is 2.62. The Bertz CT molecular complexity index is 428. The SMILES string of the molecule is CCCNC1CCCCCC1Cc1c(Cl)c(C)nn1C. The molecular weight excluding hydrogens is 270 g/mol. The van der Waals surface area contributed by atoms with E-state index < -0.39 is 0 Å². The first-order valence-electron chi connectivity index (χ1n) is 8.04. The van der Waals surface area contributed by atoms with E-state index in [1.807, 2.05) is 18.7 Å². The van der Waals surface area contributed by atoms with E-state index in [0.29, 0.717) is 12.0 Å². The van der Waals surface area contributed by atoms with Gasteiger partial charge in [-0.1, -0.05) is 37.8 Å². The summed E-state index contributed by atoms with van der Waals surface area (Å²) in [6, 6.07) is 0.642. The summed E-state index contributed by atoms with van der Waals surface area (Å²) in [7, 11) is 2.01. The predicted octanol–water partition coefficient (Wildman–Crippen LogP) is 3.87. The van der Waals surface area contributed by atoms with Crippen LogP contribution in [0.5, 0.6) is 0 Å². The fraction of sp³-hybridized carbons (Fsp3) is 0.812. The third-order valence-corrected chi connectivity index (χ3v) is 5.02. The standard InChI is InChI=1S/C16H28ClN3/c1-4-10-18-14-9-7-5-6-8-13(14)11-15-16(17)12(2)19-20(15)3/h13-14,18H,4-11H2,1-3H3. The highest BCUT2D eigenvalue weighted by molar-refractivity contribution is 6.31. The van der Waals surface area contributed by atoms with Crippen LogP contribution in [0.1, 0.15) is 56.8 Å². The zero-order chi connectivity index (χ0) is 14.5. The number of nitrogens with zero attached hydrogens (tertiary/aromatic N) is 2. The number of aromatic nitrogens is 2. The van der Waals surface area contributed by atoms with Gasteiger partial charge in [0.25, 0.3) is 0 Å². The molecule has 1 aromatic rings. The first-order chi connectivity index (χ1) is 9.63. The number of aryl methyl sites for hydroxylation is 2. The highest BCUT2D eigenvalue weighted by atomic mass is 35.5. The Balaban J connectivity index is 2.10. The minimum atomic E-state index is 0.642. The van der Waals surface area contributed by atoms with E-state index in [9.17, 15) is 0 Å². The highest BCUT2D eigenvalue weighted by Gasteiger charge is 2.25. The molecule has 0 radical (unpaired) electrons. The lowest BCUT2D eigenvalue weighted by molar-refractivity contribution is 0.327. The van der Waals surface area contributed by atoms with Gasteiger partial charge in [0.1, 0.15) is 0 Å². The Labute approximate surface area is 128 Å². The minimum absolute atomic E-state index is 0.642. The van der Waals surface area contributed by atoms with E-state index in [2.05, 4.69) is 17.3 Å². The molecule has 0 amide bonds. The Hall–Kier alpha value is -0.540. The monoisotopic (exact) mass is 297 g/mol. The number of halogens is 1. The molecule has 1 fully saturated rings. The molecule has 20 heavy (non-hydrogen) atoms. The van der Waals surface area contributed by atoms with Crippen LogP contribution < -0.4 is 5.32 Å². The molecule has 0 aromatic carbocycles. The maximum atomic E-state index is 6.42. The van der Waals surface area contributed by atoms with E-state index in [1.165, 1.54) is 44.2 Å². The first kappa shape index (κ1) is 15.8. The van der Waals surface area contributed by atoms with Crippen molar-refractivity contribution in [3.63, 3.8) is 0 Å². The van der Waals surface area contributed by atoms with Crippen molar-refractivity contribution in [2.75, 3.05) is 6.54 Å². The smallest absolute Gasteiger partial charge is 0.0847 e. The maximum Gasteiger partial charge on any atom is 0.0847 e. The molecule has 1 aromatic heterocycles. The molecule has 2 unspecified atom stereocenters.